The van der Waals surface area contributed by atoms with Crippen molar-refractivity contribution in [1.29, 1.82) is 0 Å². The average Bonchev–Trinajstić information content (AvgIpc) is 3.51. The van der Waals surface area contributed by atoms with Gasteiger partial charge in [-0.25, -0.2) is 15.0 Å². The van der Waals surface area contributed by atoms with Gasteiger partial charge in [0, 0.05) is 33.0 Å². The molecule has 2 heterocycles. The van der Waals surface area contributed by atoms with Crippen molar-refractivity contribution >= 4 is 86.3 Å². The highest BCUT2D eigenvalue weighted by Gasteiger charge is 2.20. The molecule has 0 unspecified atom stereocenters. The number of hydrogen-bond acceptors (Lipinski definition) is 3. The highest BCUT2D eigenvalue weighted by Crippen LogP contribution is 2.45. The van der Waals surface area contributed by atoms with Crippen molar-refractivity contribution in [3.63, 3.8) is 0 Å². The lowest BCUT2D eigenvalue weighted by Gasteiger charge is -2.18. The maximum atomic E-state index is 5.65. The van der Waals surface area contributed by atoms with E-state index in [0.29, 0.717) is 5.82 Å². The summed E-state index contributed by atoms with van der Waals surface area (Å²) in [5.41, 5.74) is 12.3. The van der Waals surface area contributed by atoms with E-state index >= 15 is 0 Å². The normalized spacial score (nSPS) is 11.8. The van der Waals surface area contributed by atoms with E-state index in [0.717, 1.165) is 72.1 Å². The molecule has 0 bridgehead atoms. The zero-order valence-corrected chi connectivity index (χ0v) is 40.2. The smallest absolute Gasteiger partial charge is 0.160 e. The number of fused-ring (bicyclic) bond motifs is 15. The van der Waals surface area contributed by atoms with Crippen LogP contribution in [0, 0.1) is 0 Å². The molecule has 3 heteroatoms. The molecule has 342 valence electrons. The third-order valence-corrected chi connectivity index (χ3v) is 15.2. The lowest BCUT2D eigenvalue weighted by atomic mass is 9.88. The molecule has 13 aromatic carbocycles. The minimum absolute atomic E-state index is 0.674. The van der Waals surface area contributed by atoms with Crippen molar-refractivity contribution in [2.75, 3.05) is 0 Å². The Morgan fingerprint density at radius 1 is 0.176 bits per heavy atom. The summed E-state index contributed by atoms with van der Waals surface area (Å²) in [6, 6.07) is 94.3. The van der Waals surface area contributed by atoms with Crippen molar-refractivity contribution in [3.05, 3.63) is 261 Å². The standard InChI is InChI=1S/C71H43N3/c1-3-17-44(18-4-1)68-43-69(45-19-5-2-6-20-45)74-71(73-68)47-33-31-46(32-34-47)67-42-63(49-36-38-60-55-26-10-8-22-51(55)53-24-12-14-28-57(53)65(60)40-49)66-41-62(58-29-15-16-30-61(58)70(66)72-67)48-35-37-59-54-25-9-7-21-50(54)52-23-11-13-27-56(52)64(59)39-48/h1-43H. The second kappa shape index (κ2) is 16.9. The van der Waals surface area contributed by atoms with Gasteiger partial charge in [0.1, 0.15) is 0 Å². The second-order valence-electron chi connectivity index (χ2n) is 19.4. The van der Waals surface area contributed by atoms with E-state index in [1.54, 1.807) is 0 Å². The molecule has 0 spiro atoms. The number of aromatic nitrogens is 3. The highest BCUT2D eigenvalue weighted by atomic mass is 14.9. The van der Waals surface area contributed by atoms with Crippen LogP contribution in [0.3, 0.4) is 0 Å². The quantitative estimate of drug-likeness (QED) is 0.156. The summed E-state index contributed by atoms with van der Waals surface area (Å²) < 4.78 is 0. The Balaban J connectivity index is 0.957. The summed E-state index contributed by atoms with van der Waals surface area (Å²) in [6.07, 6.45) is 0. The fourth-order valence-corrected chi connectivity index (χ4v) is 11.7. The van der Waals surface area contributed by atoms with Gasteiger partial charge in [-0.2, -0.15) is 0 Å². The van der Waals surface area contributed by atoms with Gasteiger partial charge in [0.2, 0.25) is 0 Å². The van der Waals surface area contributed by atoms with Gasteiger partial charge < -0.3 is 0 Å². The predicted molar refractivity (Wildman–Crippen MR) is 312 cm³/mol. The Labute approximate surface area is 427 Å². The van der Waals surface area contributed by atoms with Gasteiger partial charge in [0.15, 0.2) is 5.82 Å². The Morgan fingerprint density at radius 3 is 0.959 bits per heavy atom. The van der Waals surface area contributed by atoms with Crippen LogP contribution in [0.25, 0.3) is 154 Å². The summed E-state index contributed by atoms with van der Waals surface area (Å²) in [7, 11) is 0. The molecular weight excluding hydrogens is 895 g/mol. The van der Waals surface area contributed by atoms with Crippen LogP contribution in [0.15, 0.2) is 261 Å². The van der Waals surface area contributed by atoms with Gasteiger partial charge in [-0.1, -0.05) is 231 Å². The molecule has 15 aromatic rings. The van der Waals surface area contributed by atoms with Crippen LogP contribution in [0.5, 0.6) is 0 Å². The van der Waals surface area contributed by atoms with Crippen LogP contribution in [0.4, 0.5) is 0 Å². The summed E-state index contributed by atoms with van der Waals surface area (Å²) in [5, 5.41) is 18.5. The van der Waals surface area contributed by atoms with Gasteiger partial charge in [0.25, 0.3) is 0 Å². The fourth-order valence-electron chi connectivity index (χ4n) is 11.7. The van der Waals surface area contributed by atoms with Crippen molar-refractivity contribution in [1.82, 2.24) is 15.0 Å². The van der Waals surface area contributed by atoms with Crippen LogP contribution in [0.2, 0.25) is 0 Å². The SMILES string of the molecule is c1ccc(-c2cc(-c3ccccc3)nc(-c3ccc(-c4cc(-c5ccc6c7ccccc7c7ccccc7c6c5)c5cc(-c6ccc7c8ccccc8c8ccccc8c7c6)c6ccccc6c5n4)cc3)n2)cc1. The van der Waals surface area contributed by atoms with E-state index < -0.39 is 0 Å². The lowest BCUT2D eigenvalue weighted by Crippen LogP contribution is -1.96. The number of nitrogens with zero attached hydrogens (tertiary/aromatic N) is 3. The van der Waals surface area contributed by atoms with Gasteiger partial charge >= 0.3 is 0 Å². The number of rotatable bonds is 6. The van der Waals surface area contributed by atoms with Gasteiger partial charge in [-0.15, -0.1) is 0 Å². The van der Waals surface area contributed by atoms with E-state index in [1.807, 2.05) is 12.1 Å². The summed E-state index contributed by atoms with van der Waals surface area (Å²) in [4.78, 5) is 15.9. The Morgan fingerprint density at radius 2 is 0.500 bits per heavy atom. The van der Waals surface area contributed by atoms with E-state index in [-0.39, 0.29) is 0 Å². The third-order valence-electron chi connectivity index (χ3n) is 15.2. The van der Waals surface area contributed by atoms with Gasteiger partial charge in [-0.05, 0) is 123 Å². The van der Waals surface area contributed by atoms with E-state index in [2.05, 4.69) is 249 Å². The number of pyridine rings is 1. The van der Waals surface area contributed by atoms with Crippen molar-refractivity contribution in [3.8, 4) is 67.4 Å². The molecule has 15 rings (SSSR count). The summed E-state index contributed by atoms with van der Waals surface area (Å²) >= 11 is 0. The molecule has 0 fully saturated rings. The first-order valence-corrected chi connectivity index (χ1v) is 25.3. The van der Waals surface area contributed by atoms with Gasteiger partial charge in [-0.3, -0.25) is 0 Å². The number of benzene rings is 13. The van der Waals surface area contributed by atoms with Crippen LogP contribution < -0.4 is 0 Å². The maximum Gasteiger partial charge on any atom is 0.160 e. The van der Waals surface area contributed by atoms with Crippen molar-refractivity contribution in [2.24, 2.45) is 0 Å². The topological polar surface area (TPSA) is 38.7 Å². The molecule has 0 N–H and O–H groups in total. The molecule has 0 atom stereocenters. The van der Waals surface area contributed by atoms with Crippen molar-refractivity contribution < 1.29 is 0 Å². The fraction of sp³-hybridized carbons (Fsp3) is 0. The summed E-state index contributed by atoms with van der Waals surface area (Å²) in [5.74, 6) is 0.674. The minimum Gasteiger partial charge on any atom is -0.247 e. The largest absolute Gasteiger partial charge is 0.247 e. The molecular formula is C71H43N3. The molecule has 0 aliphatic heterocycles. The highest BCUT2D eigenvalue weighted by molar-refractivity contribution is 6.28. The molecule has 0 aliphatic rings. The Bertz CT molecular complexity index is 4630. The zero-order chi connectivity index (χ0) is 48.7. The van der Waals surface area contributed by atoms with Crippen LogP contribution in [0.1, 0.15) is 0 Å². The molecule has 0 saturated carbocycles. The monoisotopic (exact) mass is 937 g/mol. The Kier molecular flexibility index (Phi) is 9.57. The molecule has 2 aromatic heterocycles. The predicted octanol–water partition coefficient (Wildman–Crippen LogP) is 19.1. The molecule has 0 amide bonds. The summed E-state index contributed by atoms with van der Waals surface area (Å²) in [6.45, 7) is 0. The van der Waals surface area contributed by atoms with E-state index in [1.165, 1.54) is 75.8 Å². The Hall–Kier alpha value is -9.83. The van der Waals surface area contributed by atoms with E-state index in [9.17, 15) is 0 Å². The zero-order valence-electron chi connectivity index (χ0n) is 40.2. The first-order chi connectivity index (χ1) is 36.7. The first-order valence-electron chi connectivity index (χ1n) is 25.3. The van der Waals surface area contributed by atoms with Gasteiger partial charge in [0.05, 0.1) is 22.6 Å². The number of hydrogen-bond donors (Lipinski definition) is 0. The van der Waals surface area contributed by atoms with Crippen LogP contribution in [-0.2, 0) is 0 Å². The lowest BCUT2D eigenvalue weighted by molar-refractivity contribution is 1.18. The van der Waals surface area contributed by atoms with E-state index in [4.69, 9.17) is 15.0 Å². The molecule has 0 saturated heterocycles. The molecule has 3 nitrogen and oxygen atoms in total. The molecule has 0 radical (unpaired) electrons. The maximum absolute atomic E-state index is 5.65. The first kappa shape index (κ1) is 41.9. The third kappa shape index (κ3) is 6.78. The minimum atomic E-state index is 0.674. The average molecular weight is 938 g/mol. The van der Waals surface area contributed by atoms with Crippen LogP contribution in [-0.4, -0.2) is 15.0 Å². The second-order valence-corrected chi connectivity index (χ2v) is 19.4. The van der Waals surface area contributed by atoms with Crippen LogP contribution >= 0.6 is 0 Å². The molecule has 0 aliphatic carbocycles. The van der Waals surface area contributed by atoms with Crippen molar-refractivity contribution in [2.45, 2.75) is 0 Å². The molecule has 74 heavy (non-hydrogen) atoms.